The van der Waals surface area contributed by atoms with Crippen molar-refractivity contribution in [1.29, 1.82) is 0 Å². The van der Waals surface area contributed by atoms with E-state index in [9.17, 15) is 9.59 Å². The third kappa shape index (κ3) is 10.9. The van der Waals surface area contributed by atoms with Crippen molar-refractivity contribution in [2.75, 3.05) is 33.0 Å². The average Bonchev–Trinajstić information content (AvgIpc) is 2.22. The van der Waals surface area contributed by atoms with Gasteiger partial charge in [-0.05, 0) is 13.3 Å². The molecule has 6 nitrogen and oxygen atoms in total. The lowest BCUT2D eigenvalue weighted by atomic mass is 10.3. The van der Waals surface area contributed by atoms with E-state index in [1.165, 1.54) is 0 Å². The van der Waals surface area contributed by atoms with Crippen LogP contribution < -0.4 is 0 Å². The lowest BCUT2D eigenvalue weighted by Crippen LogP contribution is -2.15. The fraction of sp³-hybridized carbons (Fsp3) is 0.800. The standard InChI is InChI=1S/C10H18O6/c1-2-16-10(13)8-15-7-6-14-5-3-4-9(11)12/h2-8H2,1H3,(H,11,12). The van der Waals surface area contributed by atoms with Crippen molar-refractivity contribution in [3.05, 3.63) is 0 Å². The highest BCUT2D eigenvalue weighted by Gasteiger charge is 2.00. The van der Waals surface area contributed by atoms with Gasteiger partial charge >= 0.3 is 11.9 Å². The Morgan fingerprint density at radius 1 is 1.12 bits per heavy atom. The fourth-order valence-corrected chi connectivity index (χ4v) is 0.904. The molecule has 0 heterocycles. The Bertz CT molecular complexity index is 203. The van der Waals surface area contributed by atoms with Gasteiger partial charge in [-0.15, -0.1) is 0 Å². The van der Waals surface area contributed by atoms with Gasteiger partial charge < -0.3 is 19.3 Å². The number of hydrogen-bond acceptors (Lipinski definition) is 5. The lowest BCUT2D eigenvalue weighted by molar-refractivity contribution is -0.149. The van der Waals surface area contributed by atoms with Gasteiger partial charge in [-0.3, -0.25) is 4.79 Å². The third-order valence-corrected chi connectivity index (χ3v) is 1.58. The molecule has 0 radical (unpaired) electrons. The summed E-state index contributed by atoms with van der Waals surface area (Å²) in [5.74, 6) is -1.23. The number of aliphatic carboxylic acids is 1. The van der Waals surface area contributed by atoms with Gasteiger partial charge in [-0.25, -0.2) is 4.79 Å². The lowest BCUT2D eigenvalue weighted by Gasteiger charge is -2.04. The number of carbonyl (C=O) groups excluding carboxylic acids is 1. The van der Waals surface area contributed by atoms with Crippen LogP contribution in [0.3, 0.4) is 0 Å². The van der Waals surface area contributed by atoms with Crippen molar-refractivity contribution in [2.45, 2.75) is 19.8 Å². The maximum Gasteiger partial charge on any atom is 0.332 e. The molecule has 94 valence electrons. The van der Waals surface area contributed by atoms with Gasteiger partial charge in [0.15, 0.2) is 0 Å². The Labute approximate surface area is 94.5 Å². The molecule has 0 unspecified atom stereocenters. The maximum absolute atomic E-state index is 10.8. The molecule has 0 aliphatic rings. The topological polar surface area (TPSA) is 82.1 Å². The van der Waals surface area contributed by atoms with Crippen LogP contribution in [0.25, 0.3) is 0 Å². The number of esters is 1. The molecule has 0 aromatic carbocycles. The Morgan fingerprint density at radius 3 is 2.44 bits per heavy atom. The van der Waals surface area contributed by atoms with Gasteiger partial charge in [-0.2, -0.15) is 0 Å². The predicted molar refractivity (Wildman–Crippen MR) is 55.1 cm³/mol. The molecule has 6 heteroatoms. The molecule has 0 aliphatic carbocycles. The summed E-state index contributed by atoms with van der Waals surface area (Å²) >= 11 is 0. The smallest absolute Gasteiger partial charge is 0.332 e. The number of hydrogen-bond donors (Lipinski definition) is 1. The van der Waals surface area contributed by atoms with Crippen LogP contribution in [-0.4, -0.2) is 50.1 Å². The quantitative estimate of drug-likeness (QED) is 0.436. The van der Waals surface area contributed by atoms with Gasteiger partial charge in [0, 0.05) is 13.0 Å². The van der Waals surface area contributed by atoms with Crippen LogP contribution in [0, 0.1) is 0 Å². The summed E-state index contributed by atoms with van der Waals surface area (Å²) in [6.07, 6.45) is 0.580. The predicted octanol–water partition coefficient (Wildman–Crippen LogP) is 0.447. The minimum atomic E-state index is -0.831. The average molecular weight is 234 g/mol. The first kappa shape index (κ1) is 14.9. The number of rotatable bonds is 10. The molecule has 0 aromatic heterocycles. The van der Waals surface area contributed by atoms with E-state index in [0.29, 0.717) is 32.8 Å². The van der Waals surface area contributed by atoms with Gasteiger partial charge in [0.1, 0.15) is 6.61 Å². The third-order valence-electron chi connectivity index (χ3n) is 1.58. The second-order valence-electron chi connectivity index (χ2n) is 2.97. The Hall–Kier alpha value is -1.14. The molecule has 0 atom stereocenters. The number of ether oxygens (including phenoxy) is 3. The van der Waals surface area contributed by atoms with Gasteiger partial charge in [0.2, 0.25) is 0 Å². The molecule has 0 spiro atoms. The summed E-state index contributed by atoms with van der Waals surface area (Å²) < 4.78 is 14.7. The zero-order chi connectivity index (χ0) is 12.2. The molecule has 0 saturated carbocycles. The number of carboxylic acid groups (broad SMARTS) is 1. The highest BCUT2D eigenvalue weighted by molar-refractivity contribution is 5.70. The summed E-state index contributed by atoms with van der Waals surface area (Å²) in [6, 6.07) is 0. The highest BCUT2D eigenvalue weighted by Crippen LogP contribution is 1.90. The van der Waals surface area contributed by atoms with Crippen LogP contribution in [0.15, 0.2) is 0 Å². The summed E-state index contributed by atoms with van der Waals surface area (Å²) in [7, 11) is 0. The monoisotopic (exact) mass is 234 g/mol. The Balaban J connectivity index is 3.09. The molecule has 0 bridgehead atoms. The van der Waals surface area contributed by atoms with Crippen molar-refractivity contribution in [2.24, 2.45) is 0 Å². The largest absolute Gasteiger partial charge is 0.481 e. The first-order chi connectivity index (χ1) is 7.66. The Morgan fingerprint density at radius 2 is 1.81 bits per heavy atom. The fourth-order valence-electron chi connectivity index (χ4n) is 0.904. The molecule has 16 heavy (non-hydrogen) atoms. The second kappa shape index (κ2) is 10.4. The number of carbonyl (C=O) groups is 2. The van der Waals surface area contributed by atoms with Crippen LogP contribution in [0.2, 0.25) is 0 Å². The molecule has 0 fully saturated rings. The van der Waals surface area contributed by atoms with Gasteiger partial charge in [-0.1, -0.05) is 0 Å². The minimum Gasteiger partial charge on any atom is -0.481 e. The van der Waals surface area contributed by atoms with Crippen LogP contribution >= 0.6 is 0 Å². The molecule has 1 N–H and O–H groups in total. The van der Waals surface area contributed by atoms with E-state index in [-0.39, 0.29) is 13.0 Å². The van der Waals surface area contributed by atoms with Crippen molar-refractivity contribution < 1.29 is 28.9 Å². The van der Waals surface area contributed by atoms with E-state index >= 15 is 0 Å². The molecular formula is C10H18O6. The number of carboxylic acids is 1. The Kier molecular flexibility index (Phi) is 9.64. The first-order valence-electron chi connectivity index (χ1n) is 5.19. The zero-order valence-corrected chi connectivity index (χ0v) is 9.44. The highest BCUT2D eigenvalue weighted by atomic mass is 16.6. The maximum atomic E-state index is 10.8. The normalized spacial score (nSPS) is 10.1. The summed E-state index contributed by atoms with van der Waals surface area (Å²) in [5.41, 5.74) is 0. The van der Waals surface area contributed by atoms with E-state index in [2.05, 4.69) is 4.74 Å². The van der Waals surface area contributed by atoms with Crippen LogP contribution in [0.4, 0.5) is 0 Å². The summed E-state index contributed by atoms with van der Waals surface area (Å²) in [6.45, 7) is 3.02. The molecule has 0 aromatic rings. The molecule has 0 rings (SSSR count). The molecule has 0 aliphatic heterocycles. The van der Waals surface area contributed by atoms with Gasteiger partial charge in [0.05, 0.1) is 19.8 Å². The van der Waals surface area contributed by atoms with E-state index in [0.717, 1.165) is 0 Å². The van der Waals surface area contributed by atoms with Crippen LogP contribution in [0.5, 0.6) is 0 Å². The molecule has 0 saturated heterocycles. The molecular weight excluding hydrogens is 216 g/mol. The van der Waals surface area contributed by atoms with E-state index in [1.807, 2.05) is 0 Å². The van der Waals surface area contributed by atoms with Crippen LogP contribution in [-0.2, 0) is 23.8 Å². The summed E-state index contributed by atoms with van der Waals surface area (Å²) in [4.78, 5) is 20.9. The SMILES string of the molecule is CCOC(=O)COCCOCCCC(=O)O. The van der Waals surface area contributed by atoms with Crippen molar-refractivity contribution in [3.8, 4) is 0 Å². The first-order valence-corrected chi connectivity index (χ1v) is 5.19. The second-order valence-corrected chi connectivity index (χ2v) is 2.97. The van der Waals surface area contributed by atoms with Crippen molar-refractivity contribution >= 4 is 11.9 Å². The van der Waals surface area contributed by atoms with Crippen LogP contribution in [0.1, 0.15) is 19.8 Å². The van der Waals surface area contributed by atoms with Crippen molar-refractivity contribution in [3.63, 3.8) is 0 Å². The van der Waals surface area contributed by atoms with Gasteiger partial charge in [0.25, 0.3) is 0 Å². The minimum absolute atomic E-state index is 0.0771. The van der Waals surface area contributed by atoms with E-state index in [1.54, 1.807) is 6.92 Å². The van der Waals surface area contributed by atoms with E-state index in [4.69, 9.17) is 14.6 Å². The van der Waals surface area contributed by atoms with E-state index < -0.39 is 11.9 Å². The molecule has 0 amide bonds. The zero-order valence-electron chi connectivity index (χ0n) is 9.44. The van der Waals surface area contributed by atoms with Crippen molar-refractivity contribution in [1.82, 2.24) is 0 Å². The summed E-state index contributed by atoms with van der Waals surface area (Å²) in [5, 5.41) is 8.33.